The van der Waals surface area contributed by atoms with E-state index < -0.39 is 17.1 Å². The average Bonchev–Trinajstić information content (AvgIpc) is 2.46. The molecule has 0 aliphatic carbocycles. The summed E-state index contributed by atoms with van der Waals surface area (Å²) in [6.07, 6.45) is -0.626. The molecule has 112 valence electrons. The van der Waals surface area contributed by atoms with E-state index >= 15 is 0 Å². The van der Waals surface area contributed by atoms with Gasteiger partial charge in [-0.25, -0.2) is 0 Å². The summed E-state index contributed by atoms with van der Waals surface area (Å²) in [5, 5.41) is 21.7. The Labute approximate surface area is 127 Å². The van der Waals surface area contributed by atoms with Gasteiger partial charge in [-0.2, -0.15) is 0 Å². The molecular formula is C19H24O2. The molecule has 2 nitrogen and oxygen atoms in total. The highest BCUT2D eigenvalue weighted by Crippen LogP contribution is 2.46. The summed E-state index contributed by atoms with van der Waals surface area (Å²) >= 11 is 0. The van der Waals surface area contributed by atoms with Gasteiger partial charge in [0.25, 0.3) is 0 Å². The van der Waals surface area contributed by atoms with E-state index in [-0.39, 0.29) is 0 Å². The first kappa shape index (κ1) is 15.7. The third kappa shape index (κ3) is 2.74. The van der Waals surface area contributed by atoms with Crippen LogP contribution in [0.4, 0.5) is 0 Å². The molecular weight excluding hydrogens is 260 g/mol. The van der Waals surface area contributed by atoms with Crippen LogP contribution in [0.25, 0.3) is 0 Å². The minimum Gasteiger partial charge on any atom is -0.389 e. The van der Waals surface area contributed by atoms with Gasteiger partial charge in [-0.15, -0.1) is 0 Å². The van der Waals surface area contributed by atoms with Crippen LogP contribution in [0.15, 0.2) is 54.6 Å². The first-order valence-electron chi connectivity index (χ1n) is 7.34. The van der Waals surface area contributed by atoms with E-state index in [1.165, 1.54) is 0 Å². The van der Waals surface area contributed by atoms with Crippen LogP contribution in [0.2, 0.25) is 0 Å². The fourth-order valence-corrected chi connectivity index (χ4v) is 2.86. The molecule has 0 radical (unpaired) electrons. The summed E-state index contributed by atoms with van der Waals surface area (Å²) in [5.41, 5.74) is 0.782. The van der Waals surface area contributed by atoms with E-state index in [0.717, 1.165) is 16.7 Å². The van der Waals surface area contributed by atoms with Crippen molar-refractivity contribution >= 4 is 0 Å². The van der Waals surface area contributed by atoms with Gasteiger partial charge in [-0.1, -0.05) is 75.4 Å². The van der Waals surface area contributed by atoms with Crippen molar-refractivity contribution in [2.45, 2.75) is 39.4 Å². The molecule has 0 bridgehead atoms. The summed E-state index contributed by atoms with van der Waals surface area (Å²) in [6.45, 7) is 7.77. The zero-order valence-corrected chi connectivity index (χ0v) is 13.2. The first-order chi connectivity index (χ1) is 9.78. The molecule has 2 aromatic rings. The second-order valence-electron chi connectivity index (χ2n) is 6.59. The summed E-state index contributed by atoms with van der Waals surface area (Å²) in [4.78, 5) is 0. The maximum atomic E-state index is 11.6. The lowest BCUT2D eigenvalue weighted by Gasteiger charge is -2.42. The Morgan fingerprint density at radius 3 is 1.90 bits per heavy atom. The van der Waals surface area contributed by atoms with Crippen molar-refractivity contribution in [3.63, 3.8) is 0 Å². The van der Waals surface area contributed by atoms with E-state index in [2.05, 4.69) is 0 Å². The van der Waals surface area contributed by atoms with Crippen molar-refractivity contribution in [3.05, 3.63) is 71.3 Å². The molecule has 0 amide bonds. The van der Waals surface area contributed by atoms with Gasteiger partial charge in [-0.3, -0.25) is 0 Å². The van der Waals surface area contributed by atoms with E-state index in [1.54, 1.807) is 6.92 Å². The Morgan fingerprint density at radius 1 is 0.857 bits per heavy atom. The summed E-state index contributed by atoms with van der Waals surface area (Å²) in [7, 11) is 0. The smallest absolute Gasteiger partial charge is 0.120 e. The van der Waals surface area contributed by atoms with Crippen molar-refractivity contribution in [2.24, 2.45) is 5.41 Å². The number of rotatable bonds is 3. The summed E-state index contributed by atoms with van der Waals surface area (Å²) in [5.74, 6) is 0. The number of aliphatic hydroxyl groups is 2. The number of benzene rings is 2. The average molecular weight is 284 g/mol. The molecule has 0 saturated heterocycles. The molecule has 1 unspecified atom stereocenters. The van der Waals surface area contributed by atoms with Crippen LogP contribution in [0.3, 0.4) is 0 Å². The van der Waals surface area contributed by atoms with Gasteiger partial charge < -0.3 is 10.2 Å². The quantitative estimate of drug-likeness (QED) is 0.893. The predicted molar refractivity (Wildman–Crippen MR) is 86.0 cm³/mol. The van der Waals surface area contributed by atoms with Crippen molar-refractivity contribution in [1.29, 1.82) is 0 Å². The lowest BCUT2D eigenvalue weighted by Crippen LogP contribution is -2.42. The van der Waals surface area contributed by atoms with E-state index in [0.29, 0.717) is 0 Å². The topological polar surface area (TPSA) is 40.5 Å². The van der Waals surface area contributed by atoms with Crippen LogP contribution >= 0.6 is 0 Å². The van der Waals surface area contributed by atoms with Crippen LogP contribution in [0.1, 0.15) is 50.5 Å². The van der Waals surface area contributed by atoms with Crippen LogP contribution in [0, 0.1) is 5.41 Å². The van der Waals surface area contributed by atoms with Crippen molar-refractivity contribution in [3.8, 4) is 0 Å². The largest absolute Gasteiger partial charge is 0.389 e. The van der Waals surface area contributed by atoms with E-state index in [4.69, 9.17) is 0 Å². The maximum Gasteiger partial charge on any atom is 0.120 e. The molecule has 2 heteroatoms. The first-order valence-corrected chi connectivity index (χ1v) is 7.34. The minimum absolute atomic E-state index is 0.417. The molecule has 0 fully saturated rings. The van der Waals surface area contributed by atoms with Crippen LogP contribution < -0.4 is 0 Å². The molecule has 2 aromatic carbocycles. The highest BCUT2D eigenvalue weighted by atomic mass is 16.3. The molecule has 0 heterocycles. The summed E-state index contributed by atoms with van der Waals surface area (Å²) < 4.78 is 0. The number of hydrogen-bond acceptors (Lipinski definition) is 2. The Morgan fingerprint density at radius 2 is 1.38 bits per heavy atom. The summed E-state index contributed by atoms with van der Waals surface area (Å²) in [6, 6.07) is 17.2. The van der Waals surface area contributed by atoms with Gasteiger partial charge in [0, 0.05) is 0 Å². The molecule has 21 heavy (non-hydrogen) atoms. The Hall–Kier alpha value is -1.64. The molecule has 0 aliphatic rings. The highest BCUT2D eigenvalue weighted by Gasteiger charge is 2.44. The lowest BCUT2D eigenvalue weighted by molar-refractivity contribution is -0.0280. The second-order valence-corrected chi connectivity index (χ2v) is 6.59. The molecule has 0 aromatic heterocycles. The van der Waals surface area contributed by atoms with Gasteiger partial charge in [0.1, 0.15) is 5.60 Å². The molecule has 0 saturated carbocycles. The lowest BCUT2D eigenvalue weighted by atomic mass is 9.67. The van der Waals surface area contributed by atoms with E-state index in [9.17, 15) is 10.2 Å². The SMILES string of the molecule is C[C@H](O)c1ccccc1C(O)(c1ccccc1)C(C)(C)C. The Balaban J connectivity index is 2.74. The van der Waals surface area contributed by atoms with Crippen LogP contribution in [-0.4, -0.2) is 10.2 Å². The van der Waals surface area contributed by atoms with Crippen molar-refractivity contribution in [2.75, 3.05) is 0 Å². The van der Waals surface area contributed by atoms with Gasteiger partial charge in [0.15, 0.2) is 0 Å². The van der Waals surface area contributed by atoms with Gasteiger partial charge in [-0.05, 0) is 29.0 Å². The molecule has 2 atom stereocenters. The van der Waals surface area contributed by atoms with Crippen LogP contribution in [0.5, 0.6) is 0 Å². The standard InChI is InChI=1S/C19H24O2/c1-14(20)16-12-8-9-13-17(16)19(21,18(2,3)4)15-10-6-5-7-11-15/h5-14,20-21H,1-4H3/t14-,19?/m0/s1. The Bertz CT molecular complexity index is 596. The molecule has 0 aliphatic heterocycles. The van der Waals surface area contributed by atoms with Gasteiger partial charge in [0.2, 0.25) is 0 Å². The van der Waals surface area contributed by atoms with Crippen LogP contribution in [-0.2, 0) is 5.60 Å². The Kier molecular flexibility index (Phi) is 4.22. The predicted octanol–water partition coefficient (Wildman–Crippen LogP) is 4.02. The van der Waals surface area contributed by atoms with Gasteiger partial charge in [0.05, 0.1) is 6.10 Å². The number of aliphatic hydroxyl groups excluding tert-OH is 1. The monoisotopic (exact) mass is 284 g/mol. The zero-order valence-electron chi connectivity index (χ0n) is 13.2. The number of hydrogen-bond donors (Lipinski definition) is 2. The second kappa shape index (κ2) is 5.63. The zero-order chi connectivity index (χ0) is 15.7. The highest BCUT2D eigenvalue weighted by molar-refractivity contribution is 5.43. The minimum atomic E-state index is -1.16. The molecule has 0 spiro atoms. The van der Waals surface area contributed by atoms with Crippen molar-refractivity contribution in [1.82, 2.24) is 0 Å². The normalized spacial score (nSPS) is 16.3. The maximum absolute atomic E-state index is 11.6. The third-order valence-corrected chi connectivity index (χ3v) is 4.08. The fraction of sp³-hybridized carbons (Fsp3) is 0.368. The fourth-order valence-electron chi connectivity index (χ4n) is 2.86. The third-order valence-electron chi connectivity index (χ3n) is 4.08. The van der Waals surface area contributed by atoms with Crippen molar-refractivity contribution < 1.29 is 10.2 Å². The van der Waals surface area contributed by atoms with E-state index in [1.807, 2.05) is 75.4 Å². The van der Waals surface area contributed by atoms with Gasteiger partial charge >= 0.3 is 0 Å². The molecule has 2 N–H and O–H groups in total. The molecule has 2 rings (SSSR count).